The summed E-state index contributed by atoms with van der Waals surface area (Å²) < 4.78 is 0. The summed E-state index contributed by atoms with van der Waals surface area (Å²) in [6.45, 7) is 4.71. The molecule has 0 aliphatic carbocycles. The Kier molecular flexibility index (Phi) is 2.94. The summed E-state index contributed by atoms with van der Waals surface area (Å²) in [6.07, 6.45) is 0. The van der Waals surface area contributed by atoms with E-state index in [4.69, 9.17) is 0 Å². The number of rotatable bonds is 0. The molecule has 0 saturated carbocycles. The molecule has 1 N–H and O–H groups in total. The Morgan fingerprint density at radius 1 is 0.667 bits per heavy atom. The van der Waals surface area contributed by atoms with Crippen LogP contribution in [0.4, 0.5) is 11.4 Å². The van der Waals surface area contributed by atoms with Crippen molar-refractivity contribution in [3.8, 4) is 11.1 Å². The molecule has 0 unspecified atom stereocenters. The lowest BCUT2D eigenvalue weighted by Gasteiger charge is -2.36. The molecule has 6 rings (SSSR count). The minimum Gasteiger partial charge on any atom is -0.354 e. The van der Waals surface area contributed by atoms with E-state index in [2.05, 4.69) is 92.0 Å². The molecule has 4 aromatic carbocycles. The standard InChI is InChI=1S/C25H19NS/c1-25(2)18-10-6-12-21-23(18)27-24-19(25)14-13-15-7-5-9-17(22(15)24)16-8-3-4-11-20(16)26-21/h3-14,26H,1-2H3. The third kappa shape index (κ3) is 1.97. The average molecular weight is 366 g/mol. The number of hydrogen-bond donors (Lipinski definition) is 1. The lowest BCUT2D eigenvalue weighted by molar-refractivity contribution is 0.610. The summed E-state index contributed by atoms with van der Waals surface area (Å²) >= 11 is 1.93. The first-order valence-corrected chi connectivity index (χ1v) is 10.2. The zero-order valence-electron chi connectivity index (χ0n) is 15.3. The summed E-state index contributed by atoms with van der Waals surface area (Å²) in [5.41, 5.74) is 7.76. The molecule has 0 atom stereocenters. The largest absolute Gasteiger partial charge is 0.354 e. The van der Waals surface area contributed by atoms with Gasteiger partial charge in [0.15, 0.2) is 0 Å². The van der Waals surface area contributed by atoms with Gasteiger partial charge in [-0.2, -0.15) is 0 Å². The van der Waals surface area contributed by atoms with Gasteiger partial charge >= 0.3 is 0 Å². The minimum atomic E-state index is -0.0224. The van der Waals surface area contributed by atoms with Crippen molar-refractivity contribution in [1.82, 2.24) is 0 Å². The zero-order valence-corrected chi connectivity index (χ0v) is 16.2. The number of fused-ring (bicyclic) bond motifs is 2. The summed E-state index contributed by atoms with van der Waals surface area (Å²) in [6, 6.07) is 26.7. The van der Waals surface area contributed by atoms with E-state index in [1.54, 1.807) is 0 Å². The molecule has 0 amide bonds. The minimum absolute atomic E-state index is 0.0224. The van der Waals surface area contributed by atoms with E-state index < -0.39 is 0 Å². The maximum atomic E-state index is 3.75. The maximum absolute atomic E-state index is 3.75. The third-order valence-electron chi connectivity index (χ3n) is 6.05. The number of para-hydroxylation sites is 1. The molecule has 2 bridgehead atoms. The highest BCUT2D eigenvalue weighted by molar-refractivity contribution is 8.00. The van der Waals surface area contributed by atoms with Crippen molar-refractivity contribution in [3.05, 3.63) is 83.9 Å². The van der Waals surface area contributed by atoms with E-state index in [-0.39, 0.29) is 5.41 Å². The molecule has 2 heterocycles. The van der Waals surface area contributed by atoms with Crippen molar-refractivity contribution in [2.75, 3.05) is 5.32 Å². The van der Waals surface area contributed by atoms with Crippen LogP contribution in [0, 0.1) is 0 Å². The quantitative estimate of drug-likeness (QED) is 0.308. The van der Waals surface area contributed by atoms with E-state index in [1.807, 2.05) is 11.8 Å². The van der Waals surface area contributed by atoms with Gasteiger partial charge in [0.1, 0.15) is 0 Å². The Balaban J connectivity index is 1.87. The molecule has 0 saturated heterocycles. The van der Waals surface area contributed by atoms with Crippen molar-refractivity contribution >= 4 is 33.9 Å². The van der Waals surface area contributed by atoms with Gasteiger partial charge in [0.25, 0.3) is 0 Å². The molecule has 2 aliphatic rings. The van der Waals surface area contributed by atoms with Crippen molar-refractivity contribution in [3.63, 3.8) is 0 Å². The Bertz CT molecular complexity index is 1250. The van der Waals surface area contributed by atoms with Crippen molar-refractivity contribution in [1.29, 1.82) is 0 Å². The molecule has 27 heavy (non-hydrogen) atoms. The van der Waals surface area contributed by atoms with E-state index in [1.165, 1.54) is 54.2 Å². The molecule has 130 valence electrons. The van der Waals surface area contributed by atoms with Gasteiger partial charge in [0, 0.05) is 31.8 Å². The van der Waals surface area contributed by atoms with Crippen molar-refractivity contribution < 1.29 is 0 Å². The molecular weight excluding hydrogens is 346 g/mol. The maximum Gasteiger partial charge on any atom is 0.0529 e. The molecule has 2 aliphatic heterocycles. The molecule has 4 aromatic rings. The molecule has 1 nitrogen and oxygen atoms in total. The second kappa shape index (κ2) is 5.17. The first kappa shape index (κ1) is 15.4. The summed E-state index contributed by atoms with van der Waals surface area (Å²) in [4.78, 5) is 2.76. The topological polar surface area (TPSA) is 12.0 Å². The fraction of sp³-hybridized carbons (Fsp3) is 0.120. The number of anilines is 2. The van der Waals surface area contributed by atoms with Gasteiger partial charge in [-0.25, -0.2) is 0 Å². The summed E-state index contributed by atoms with van der Waals surface area (Å²) in [5, 5.41) is 6.44. The zero-order chi connectivity index (χ0) is 18.2. The van der Waals surface area contributed by atoms with Crippen LogP contribution in [0.3, 0.4) is 0 Å². The van der Waals surface area contributed by atoms with Crippen LogP contribution in [-0.2, 0) is 5.41 Å². The van der Waals surface area contributed by atoms with Gasteiger partial charge in [-0.3, -0.25) is 0 Å². The van der Waals surface area contributed by atoms with Crippen LogP contribution in [0.25, 0.3) is 21.9 Å². The van der Waals surface area contributed by atoms with E-state index >= 15 is 0 Å². The third-order valence-corrected chi connectivity index (χ3v) is 7.32. The van der Waals surface area contributed by atoms with E-state index in [9.17, 15) is 0 Å². The van der Waals surface area contributed by atoms with Crippen LogP contribution in [-0.4, -0.2) is 0 Å². The van der Waals surface area contributed by atoms with Crippen molar-refractivity contribution in [2.24, 2.45) is 0 Å². The van der Waals surface area contributed by atoms with E-state index in [0.29, 0.717) is 0 Å². The highest BCUT2D eigenvalue weighted by atomic mass is 32.2. The van der Waals surface area contributed by atoms with Crippen LogP contribution in [0.2, 0.25) is 0 Å². The lowest BCUT2D eigenvalue weighted by atomic mass is 9.76. The fourth-order valence-electron chi connectivity index (χ4n) is 4.63. The Morgan fingerprint density at radius 3 is 2.33 bits per heavy atom. The fourth-order valence-corrected chi connectivity index (χ4v) is 6.25. The van der Waals surface area contributed by atoms with Gasteiger partial charge in [0.2, 0.25) is 0 Å². The Labute approximate surface area is 163 Å². The van der Waals surface area contributed by atoms with Gasteiger partial charge in [-0.1, -0.05) is 86.3 Å². The smallest absolute Gasteiger partial charge is 0.0529 e. The summed E-state index contributed by atoms with van der Waals surface area (Å²) in [7, 11) is 0. The van der Waals surface area contributed by atoms with Gasteiger partial charge in [-0.05, 0) is 34.2 Å². The molecule has 0 radical (unpaired) electrons. The highest BCUT2D eigenvalue weighted by Gasteiger charge is 2.36. The Hall–Kier alpha value is -2.71. The van der Waals surface area contributed by atoms with Crippen LogP contribution >= 0.6 is 11.8 Å². The monoisotopic (exact) mass is 365 g/mol. The SMILES string of the molecule is CC1(C)c2cccc3c2Sc2c1ccc1cccc(c21)-c1ccccc1N3. The van der Waals surface area contributed by atoms with Gasteiger partial charge in [-0.15, -0.1) is 0 Å². The van der Waals surface area contributed by atoms with Crippen molar-refractivity contribution in [2.45, 2.75) is 29.1 Å². The Morgan fingerprint density at radius 2 is 1.41 bits per heavy atom. The summed E-state index contributed by atoms with van der Waals surface area (Å²) in [5.74, 6) is 0. The first-order chi connectivity index (χ1) is 13.1. The van der Waals surface area contributed by atoms with Gasteiger partial charge in [0.05, 0.1) is 5.69 Å². The van der Waals surface area contributed by atoms with Crippen LogP contribution in [0.1, 0.15) is 25.0 Å². The predicted molar refractivity (Wildman–Crippen MR) is 115 cm³/mol. The van der Waals surface area contributed by atoms with Gasteiger partial charge < -0.3 is 5.32 Å². The average Bonchev–Trinajstić information content (AvgIpc) is 2.73. The first-order valence-electron chi connectivity index (χ1n) is 9.38. The van der Waals surface area contributed by atoms with Crippen LogP contribution in [0.5, 0.6) is 0 Å². The predicted octanol–water partition coefficient (Wildman–Crippen LogP) is 7.35. The molecule has 0 spiro atoms. The second-order valence-electron chi connectivity index (χ2n) is 7.93. The lowest BCUT2D eigenvalue weighted by Crippen LogP contribution is -2.24. The molecule has 0 aromatic heterocycles. The number of nitrogens with one attached hydrogen (secondary N) is 1. The van der Waals surface area contributed by atoms with Crippen LogP contribution in [0.15, 0.2) is 82.6 Å². The van der Waals surface area contributed by atoms with E-state index in [0.717, 1.165) is 0 Å². The van der Waals surface area contributed by atoms with Crippen LogP contribution < -0.4 is 5.32 Å². The molecule has 0 fully saturated rings. The number of benzene rings is 4. The normalized spacial score (nSPS) is 15.5. The number of hydrogen-bond acceptors (Lipinski definition) is 2. The highest BCUT2D eigenvalue weighted by Crippen LogP contribution is 2.56. The second-order valence-corrected chi connectivity index (χ2v) is 8.95. The molecular formula is C25H19NS. The molecule has 2 heteroatoms.